The minimum Gasteiger partial charge on any atom is -0.489 e. The lowest BCUT2D eigenvalue weighted by Gasteiger charge is -2.35. The minimum absolute atomic E-state index is 0.220. The fourth-order valence-electron chi connectivity index (χ4n) is 4.53. The van der Waals surface area contributed by atoms with Gasteiger partial charge in [0.15, 0.2) is 11.5 Å². The number of anilines is 1. The number of carbonyl (C=O) groups is 1. The monoisotopic (exact) mass is 537 g/mol. The zero-order valence-corrected chi connectivity index (χ0v) is 22.1. The summed E-state index contributed by atoms with van der Waals surface area (Å²) >= 11 is 0. The first-order valence-corrected chi connectivity index (χ1v) is 14.3. The Kier molecular flexibility index (Phi) is 7.71. The van der Waals surface area contributed by atoms with E-state index in [2.05, 4.69) is 4.90 Å². The number of carbonyl (C=O) groups excluding carboxylic acids is 1. The smallest absolute Gasteiger partial charge is 0.243 e. The Labute approximate surface area is 223 Å². The second-order valence-corrected chi connectivity index (χ2v) is 11.3. The van der Waals surface area contributed by atoms with Crippen molar-refractivity contribution in [3.63, 3.8) is 0 Å². The number of hydrogen-bond donors (Lipinski definition) is 0. The quantitative estimate of drug-likeness (QED) is 0.415. The lowest BCUT2D eigenvalue weighted by molar-refractivity contribution is -0.131. The van der Waals surface area contributed by atoms with Gasteiger partial charge in [0, 0.05) is 32.7 Å². The van der Waals surface area contributed by atoms with Crippen molar-refractivity contribution < 1.29 is 27.4 Å². The van der Waals surface area contributed by atoms with Gasteiger partial charge in [-0.05, 0) is 47.5 Å². The summed E-state index contributed by atoms with van der Waals surface area (Å²) in [6, 6.07) is 22.5. The number of sulfonamides is 1. The van der Waals surface area contributed by atoms with Gasteiger partial charge in [-0.3, -0.25) is 14.0 Å². The molecule has 2 aliphatic heterocycles. The number of fused-ring (bicyclic) bond motifs is 1. The van der Waals surface area contributed by atoms with Crippen molar-refractivity contribution in [2.75, 3.05) is 50.1 Å². The number of ether oxygens (including phenoxy) is 3. The van der Waals surface area contributed by atoms with Crippen LogP contribution in [0.15, 0.2) is 72.8 Å². The van der Waals surface area contributed by atoms with Gasteiger partial charge in [-0.2, -0.15) is 0 Å². The van der Waals surface area contributed by atoms with Crippen LogP contribution in [-0.2, 0) is 28.0 Å². The van der Waals surface area contributed by atoms with Gasteiger partial charge in [0.1, 0.15) is 18.9 Å². The molecule has 0 N–H and O–H groups in total. The fourth-order valence-corrected chi connectivity index (χ4v) is 5.37. The highest BCUT2D eigenvalue weighted by atomic mass is 32.2. The number of amides is 1. The van der Waals surface area contributed by atoms with Gasteiger partial charge in [0.05, 0.1) is 11.9 Å². The normalized spacial score (nSPS) is 15.3. The van der Waals surface area contributed by atoms with Crippen LogP contribution in [0.5, 0.6) is 17.2 Å². The summed E-state index contributed by atoms with van der Waals surface area (Å²) in [6.45, 7) is 3.63. The predicted molar refractivity (Wildman–Crippen MR) is 144 cm³/mol. The summed E-state index contributed by atoms with van der Waals surface area (Å²) in [6.07, 6.45) is 1.11. The van der Waals surface area contributed by atoms with E-state index >= 15 is 0 Å². The van der Waals surface area contributed by atoms with Crippen LogP contribution in [-0.4, -0.2) is 69.9 Å². The molecular formula is C28H31N3O6S. The van der Waals surface area contributed by atoms with E-state index in [9.17, 15) is 13.2 Å². The fraction of sp³-hybridized carbons (Fsp3) is 0.321. The SMILES string of the molecule is CS(=O)(=O)N(CC(=O)N1CCN(Cc2ccc3c(c2)OCO3)CC1)c1ccc(OCc2ccccc2)cc1. The second-order valence-electron chi connectivity index (χ2n) is 9.38. The standard InChI is InChI=1S/C28H31N3O6S/c1-38(33,34)31(24-8-10-25(11-9-24)35-20-22-5-3-2-4-6-22)19-28(32)30-15-13-29(14-16-30)18-23-7-12-26-27(17-23)37-21-36-26/h2-12,17H,13-16,18-21H2,1H3. The topological polar surface area (TPSA) is 88.6 Å². The number of rotatable bonds is 9. The molecule has 0 atom stereocenters. The molecule has 3 aromatic carbocycles. The summed E-state index contributed by atoms with van der Waals surface area (Å²) in [4.78, 5) is 17.1. The maximum Gasteiger partial charge on any atom is 0.243 e. The molecule has 0 unspecified atom stereocenters. The Morgan fingerprint density at radius 2 is 1.61 bits per heavy atom. The van der Waals surface area contributed by atoms with E-state index in [-0.39, 0.29) is 19.2 Å². The van der Waals surface area contributed by atoms with Gasteiger partial charge < -0.3 is 19.1 Å². The third kappa shape index (κ3) is 6.38. The van der Waals surface area contributed by atoms with Crippen LogP contribution < -0.4 is 18.5 Å². The summed E-state index contributed by atoms with van der Waals surface area (Å²) < 4.78 is 42.9. The van der Waals surface area contributed by atoms with Crippen LogP contribution in [0.25, 0.3) is 0 Å². The Balaban J connectivity index is 1.15. The maximum atomic E-state index is 13.1. The van der Waals surface area contributed by atoms with Crippen molar-refractivity contribution in [1.82, 2.24) is 9.80 Å². The zero-order chi connectivity index (χ0) is 26.5. The Bertz CT molecular complexity index is 1360. The molecule has 38 heavy (non-hydrogen) atoms. The number of piperazine rings is 1. The van der Waals surface area contributed by atoms with Gasteiger partial charge in [0.25, 0.3) is 0 Å². The summed E-state index contributed by atoms with van der Waals surface area (Å²) in [5.41, 5.74) is 2.58. The molecular weight excluding hydrogens is 506 g/mol. The van der Waals surface area contributed by atoms with Crippen LogP contribution >= 0.6 is 0 Å². The second kappa shape index (κ2) is 11.3. The zero-order valence-electron chi connectivity index (χ0n) is 21.3. The van der Waals surface area contributed by atoms with Crippen LogP contribution in [0.1, 0.15) is 11.1 Å². The average molecular weight is 538 g/mol. The van der Waals surface area contributed by atoms with Crippen LogP contribution in [0.4, 0.5) is 5.69 Å². The van der Waals surface area contributed by atoms with Gasteiger partial charge in [-0.25, -0.2) is 8.42 Å². The lowest BCUT2D eigenvalue weighted by atomic mass is 10.1. The number of hydrogen-bond acceptors (Lipinski definition) is 7. The van der Waals surface area contributed by atoms with Crippen molar-refractivity contribution in [2.45, 2.75) is 13.2 Å². The molecule has 0 aromatic heterocycles. The number of nitrogens with zero attached hydrogens (tertiary/aromatic N) is 3. The van der Waals surface area contributed by atoms with Gasteiger partial charge >= 0.3 is 0 Å². The first-order valence-electron chi connectivity index (χ1n) is 12.5. The molecule has 0 bridgehead atoms. The van der Waals surface area contributed by atoms with Gasteiger partial charge in [-0.1, -0.05) is 36.4 Å². The van der Waals surface area contributed by atoms with E-state index in [1.165, 1.54) is 0 Å². The van der Waals surface area contributed by atoms with E-state index < -0.39 is 10.0 Å². The molecule has 10 heteroatoms. The molecule has 2 heterocycles. The molecule has 1 fully saturated rings. The van der Waals surface area contributed by atoms with Crippen molar-refractivity contribution in [3.8, 4) is 17.2 Å². The first kappa shape index (κ1) is 25.9. The number of benzene rings is 3. The summed E-state index contributed by atoms with van der Waals surface area (Å²) in [7, 11) is -3.66. The first-order chi connectivity index (χ1) is 18.3. The molecule has 1 amide bonds. The highest BCUT2D eigenvalue weighted by Gasteiger charge is 2.27. The molecule has 5 rings (SSSR count). The molecule has 3 aromatic rings. The molecule has 200 valence electrons. The maximum absolute atomic E-state index is 13.1. The van der Waals surface area contributed by atoms with Crippen molar-refractivity contribution in [3.05, 3.63) is 83.9 Å². The van der Waals surface area contributed by atoms with E-state index in [0.29, 0.717) is 44.2 Å². The lowest BCUT2D eigenvalue weighted by Crippen LogP contribution is -2.51. The van der Waals surface area contributed by atoms with Crippen molar-refractivity contribution in [2.24, 2.45) is 0 Å². The van der Waals surface area contributed by atoms with Gasteiger partial charge in [0.2, 0.25) is 22.7 Å². The Morgan fingerprint density at radius 3 is 2.32 bits per heavy atom. The van der Waals surface area contributed by atoms with E-state index in [1.54, 1.807) is 29.2 Å². The van der Waals surface area contributed by atoms with Crippen molar-refractivity contribution in [1.29, 1.82) is 0 Å². The Morgan fingerprint density at radius 1 is 0.895 bits per heavy atom. The van der Waals surface area contributed by atoms with Crippen molar-refractivity contribution >= 4 is 21.6 Å². The molecule has 9 nitrogen and oxygen atoms in total. The van der Waals surface area contributed by atoms with Crippen LogP contribution in [0.3, 0.4) is 0 Å². The summed E-state index contributed by atoms with van der Waals surface area (Å²) in [5.74, 6) is 1.92. The Hall–Kier alpha value is -3.76. The average Bonchev–Trinajstić information content (AvgIpc) is 3.39. The highest BCUT2D eigenvalue weighted by molar-refractivity contribution is 7.92. The third-order valence-electron chi connectivity index (χ3n) is 6.62. The molecule has 0 radical (unpaired) electrons. The molecule has 0 saturated carbocycles. The largest absolute Gasteiger partial charge is 0.489 e. The summed E-state index contributed by atoms with van der Waals surface area (Å²) in [5, 5.41) is 0. The van der Waals surface area contributed by atoms with Crippen LogP contribution in [0.2, 0.25) is 0 Å². The predicted octanol–water partition coefficient (Wildman–Crippen LogP) is 3.10. The molecule has 2 aliphatic rings. The van der Waals surface area contributed by atoms with E-state index in [0.717, 1.165) is 39.7 Å². The highest BCUT2D eigenvalue weighted by Crippen LogP contribution is 2.33. The molecule has 0 spiro atoms. The minimum atomic E-state index is -3.66. The molecule has 1 saturated heterocycles. The third-order valence-corrected chi connectivity index (χ3v) is 7.76. The van der Waals surface area contributed by atoms with E-state index in [1.807, 2.05) is 48.5 Å². The van der Waals surface area contributed by atoms with Crippen LogP contribution in [0, 0.1) is 0 Å². The van der Waals surface area contributed by atoms with E-state index in [4.69, 9.17) is 14.2 Å². The molecule has 0 aliphatic carbocycles. The van der Waals surface area contributed by atoms with Gasteiger partial charge in [-0.15, -0.1) is 0 Å².